The third kappa shape index (κ3) is 7.28. The molecule has 0 aliphatic rings. The number of nitrogens with zero attached hydrogens (tertiary/aromatic N) is 2. The number of benzene rings is 3. The van der Waals surface area contributed by atoms with Crippen molar-refractivity contribution >= 4 is 50.7 Å². The molecule has 0 heterocycles. The molecule has 38 heavy (non-hydrogen) atoms. The molecule has 3 aromatic rings. The van der Waals surface area contributed by atoms with Crippen LogP contribution in [-0.4, -0.2) is 44.3 Å². The van der Waals surface area contributed by atoms with E-state index in [1.54, 1.807) is 67.6 Å². The molecule has 3 rings (SSSR count). The highest BCUT2D eigenvalue weighted by Crippen LogP contribution is 2.31. The molecule has 0 fully saturated rings. The molecule has 202 valence electrons. The number of halogens is 2. The van der Waals surface area contributed by atoms with Crippen molar-refractivity contribution < 1.29 is 18.0 Å². The molecule has 3 aromatic carbocycles. The van der Waals surface area contributed by atoms with Gasteiger partial charge in [-0.3, -0.25) is 13.9 Å². The summed E-state index contributed by atoms with van der Waals surface area (Å²) in [5.74, 6) is -0.894. The molecular weight excluding hydrogens is 545 g/mol. The molecule has 0 radical (unpaired) electrons. The van der Waals surface area contributed by atoms with Gasteiger partial charge in [0.1, 0.15) is 12.6 Å². The van der Waals surface area contributed by atoms with Crippen LogP contribution in [0.5, 0.6) is 0 Å². The van der Waals surface area contributed by atoms with Crippen LogP contribution in [0.15, 0.2) is 77.7 Å². The predicted molar refractivity (Wildman–Crippen MR) is 152 cm³/mol. The average molecular weight is 577 g/mol. The first kappa shape index (κ1) is 29.5. The van der Waals surface area contributed by atoms with E-state index in [2.05, 4.69) is 5.32 Å². The Morgan fingerprint density at radius 1 is 0.947 bits per heavy atom. The van der Waals surface area contributed by atoms with E-state index >= 15 is 0 Å². The van der Waals surface area contributed by atoms with Crippen LogP contribution in [0.25, 0.3) is 0 Å². The van der Waals surface area contributed by atoms with Crippen LogP contribution in [0.2, 0.25) is 10.0 Å². The fourth-order valence-electron chi connectivity index (χ4n) is 3.77. The minimum Gasteiger partial charge on any atom is -0.354 e. The summed E-state index contributed by atoms with van der Waals surface area (Å²) < 4.78 is 28.6. The Kier molecular flexibility index (Phi) is 10.2. The van der Waals surface area contributed by atoms with E-state index in [1.807, 2.05) is 13.8 Å². The van der Waals surface area contributed by atoms with Crippen molar-refractivity contribution in [3.8, 4) is 0 Å². The van der Waals surface area contributed by atoms with E-state index in [0.717, 1.165) is 21.9 Å². The highest BCUT2D eigenvalue weighted by atomic mass is 35.5. The number of carbonyl (C=O) groups excluding carboxylic acids is 2. The lowest BCUT2D eigenvalue weighted by atomic mass is 10.1. The van der Waals surface area contributed by atoms with E-state index in [1.165, 1.54) is 17.0 Å². The smallest absolute Gasteiger partial charge is 0.264 e. The lowest BCUT2D eigenvalue weighted by Crippen LogP contribution is -2.51. The summed E-state index contributed by atoms with van der Waals surface area (Å²) in [6, 6.07) is 18.8. The van der Waals surface area contributed by atoms with Crippen molar-refractivity contribution in [3.05, 3.63) is 94.0 Å². The number of rotatable bonds is 11. The topological polar surface area (TPSA) is 86.8 Å². The Morgan fingerprint density at radius 3 is 2.18 bits per heavy atom. The summed E-state index contributed by atoms with van der Waals surface area (Å²) in [6.07, 6.45) is 0.735. The third-order valence-corrected chi connectivity index (χ3v) is 8.34. The van der Waals surface area contributed by atoms with E-state index in [9.17, 15) is 18.0 Å². The highest BCUT2D eigenvalue weighted by molar-refractivity contribution is 7.92. The Bertz CT molecular complexity index is 1360. The maximum atomic E-state index is 13.8. The van der Waals surface area contributed by atoms with Crippen LogP contribution in [-0.2, 0) is 26.2 Å². The number of hydrogen-bond donors (Lipinski definition) is 1. The first-order valence-corrected chi connectivity index (χ1v) is 14.4. The number of para-hydroxylation sites is 1. The summed E-state index contributed by atoms with van der Waals surface area (Å²) in [5.41, 5.74) is 1.80. The standard InChI is InChI=1S/C28H31Cl2N3O4S/c1-4-17-31-28(35)21(3)32(18-22-11-13-23(29)14-12-22)27(34)19-33(26-8-6-5-7-25(26)30)38(36,37)24-15-9-20(2)10-16-24/h5-16,21H,4,17-19H2,1-3H3,(H,31,35). The first-order valence-electron chi connectivity index (χ1n) is 12.2. The fraction of sp³-hybridized carbons (Fsp3) is 0.286. The normalized spacial score (nSPS) is 12.0. The van der Waals surface area contributed by atoms with E-state index < -0.39 is 28.5 Å². The van der Waals surface area contributed by atoms with Crippen molar-refractivity contribution in [1.29, 1.82) is 0 Å². The SMILES string of the molecule is CCCNC(=O)C(C)N(Cc1ccc(Cl)cc1)C(=O)CN(c1ccccc1Cl)S(=O)(=O)c1ccc(C)cc1. The van der Waals surface area contributed by atoms with Gasteiger partial charge in [-0.2, -0.15) is 0 Å². The van der Waals surface area contributed by atoms with Gasteiger partial charge >= 0.3 is 0 Å². The number of amides is 2. The molecule has 2 amide bonds. The number of carbonyl (C=O) groups is 2. The third-order valence-electron chi connectivity index (χ3n) is 5.99. The number of hydrogen-bond acceptors (Lipinski definition) is 4. The van der Waals surface area contributed by atoms with Crippen LogP contribution in [0.1, 0.15) is 31.4 Å². The van der Waals surface area contributed by atoms with Crippen molar-refractivity contribution in [1.82, 2.24) is 10.2 Å². The maximum Gasteiger partial charge on any atom is 0.264 e. The van der Waals surface area contributed by atoms with Gasteiger partial charge in [0.15, 0.2) is 0 Å². The fourth-order valence-corrected chi connectivity index (χ4v) is 5.62. The van der Waals surface area contributed by atoms with Gasteiger partial charge in [-0.1, -0.05) is 72.1 Å². The van der Waals surface area contributed by atoms with Gasteiger partial charge < -0.3 is 10.2 Å². The van der Waals surface area contributed by atoms with E-state index in [0.29, 0.717) is 11.6 Å². The van der Waals surface area contributed by atoms with Crippen LogP contribution < -0.4 is 9.62 Å². The summed E-state index contributed by atoms with van der Waals surface area (Å²) in [4.78, 5) is 28.1. The van der Waals surface area contributed by atoms with Crippen molar-refractivity contribution in [2.45, 2.75) is 44.7 Å². The van der Waals surface area contributed by atoms with Crippen LogP contribution >= 0.6 is 23.2 Å². The average Bonchev–Trinajstić information content (AvgIpc) is 2.90. The molecule has 0 aliphatic heterocycles. The number of anilines is 1. The van der Waals surface area contributed by atoms with Crippen LogP contribution in [0, 0.1) is 6.92 Å². The second kappa shape index (κ2) is 13.1. The monoisotopic (exact) mass is 575 g/mol. The van der Waals surface area contributed by atoms with Gasteiger partial charge in [0, 0.05) is 18.1 Å². The Morgan fingerprint density at radius 2 is 1.58 bits per heavy atom. The molecule has 1 atom stereocenters. The summed E-state index contributed by atoms with van der Waals surface area (Å²) in [7, 11) is -4.18. The molecule has 0 saturated heterocycles. The first-order chi connectivity index (χ1) is 18.0. The zero-order valence-electron chi connectivity index (χ0n) is 21.5. The lowest BCUT2D eigenvalue weighted by molar-refractivity contribution is -0.139. The Labute approximate surface area is 234 Å². The predicted octanol–water partition coefficient (Wildman–Crippen LogP) is 5.44. The minimum atomic E-state index is -4.18. The molecule has 7 nitrogen and oxygen atoms in total. The summed E-state index contributed by atoms with van der Waals surface area (Å²) in [5, 5.41) is 3.52. The number of sulfonamides is 1. The van der Waals surface area contributed by atoms with Crippen molar-refractivity contribution in [3.63, 3.8) is 0 Å². The highest BCUT2D eigenvalue weighted by Gasteiger charge is 2.33. The molecule has 0 bridgehead atoms. The van der Waals surface area contributed by atoms with Gasteiger partial charge in [-0.25, -0.2) is 8.42 Å². The van der Waals surface area contributed by atoms with Gasteiger partial charge in [0.2, 0.25) is 11.8 Å². The second-order valence-electron chi connectivity index (χ2n) is 8.89. The second-order valence-corrected chi connectivity index (χ2v) is 11.6. The molecular formula is C28H31Cl2N3O4S. The van der Waals surface area contributed by atoms with Crippen molar-refractivity contribution in [2.75, 3.05) is 17.4 Å². The Balaban J connectivity index is 2.02. The van der Waals surface area contributed by atoms with Gasteiger partial charge in [0.25, 0.3) is 10.0 Å². The molecule has 0 aromatic heterocycles. The summed E-state index contributed by atoms with van der Waals surface area (Å²) in [6.45, 7) is 5.38. The molecule has 0 aliphatic carbocycles. The van der Waals surface area contributed by atoms with E-state index in [4.69, 9.17) is 23.2 Å². The lowest BCUT2D eigenvalue weighted by Gasteiger charge is -2.32. The molecule has 1 N–H and O–H groups in total. The number of aryl methyl sites for hydroxylation is 1. The molecule has 1 unspecified atom stereocenters. The van der Waals surface area contributed by atoms with Gasteiger partial charge in [-0.05, 0) is 62.2 Å². The Hall–Kier alpha value is -3.07. The minimum absolute atomic E-state index is 0.0220. The van der Waals surface area contributed by atoms with Crippen molar-refractivity contribution in [2.24, 2.45) is 0 Å². The van der Waals surface area contributed by atoms with Gasteiger partial charge in [-0.15, -0.1) is 0 Å². The van der Waals surface area contributed by atoms with Crippen LogP contribution in [0.3, 0.4) is 0 Å². The maximum absolute atomic E-state index is 13.8. The molecule has 0 saturated carbocycles. The van der Waals surface area contributed by atoms with E-state index in [-0.39, 0.29) is 28.1 Å². The summed E-state index contributed by atoms with van der Waals surface area (Å²) >= 11 is 12.4. The largest absolute Gasteiger partial charge is 0.354 e. The van der Waals surface area contributed by atoms with Crippen LogP contribution in [0.4, 0.5) is 5.69 Å². The quantitative estimate of drug-likeness (QED) is 0.330. The number of nitrogens with one attached hydrogen (secondary N) is 1. The molecule has 0 spiro atoms. The molecule has 10 heteroatoms. The zero-order chi connectivity index (χ0) is 27.9. The zero-order valence-corrected chi connectivity index (χ0v) is 23.9. The van der Waals surface area contributed by atoms with Gasteiger partial charge in [0.05, 0.1) is 15.6 Å².